The normalized spacial score (nSPS) is 11.9. The molecule has 0 aliphatic carbocycles. The highest BCUT2D eigenvalue weighted by molar-refractivity contribution is 5.75. The predicted octanol–water partition coefficient (Wildman–Crippen LogP) is 2.92. The number of rotatable bonds is 6. The second-order valence-corrected chi connectivity index (χ2v) is 4.88. The number of ether oxygens (including phenoxy) is 1. The number of para-hydroxylation sites is 1. The van der Waals surface area contributed by atoms with E-state index in [0.29, 0.717) is 6.54 Å². The number of nitrogens with one attached hydrogen (secondary N) is 1. The smallest absolute Gasteiger partial charge is 0.325 e. The summed E-state index contributed by atoms with van der Waals surface area (Å²) in [6, 6.07) is 14.3. The van der Waals surface area contributed by atoms with Crippen LogP contribution in [0, 0.1) is 6.92 Å². The molecule has 2 aromatic rings. The van der Waals surface area contributed by atoms with Gasteiger partial charge in [0.15, 0.2) is 0 Å². The SMILES string of the molecule is COc1ccccc1CNC(C(=O)O)c1cccc(C)c1. The number of aryl methyl sites for hydroxylation is 1. The van der Waals surface area contributed by atoms with Gasteiger partial charge in [0.1, 0.15) is 11.8 Å². The minimum atomic E-state index is -0.893. The molecule has 2 rings (SSSR count). The Hall–Kier alpha value is -2.33. The average molecular weight is 285 g/mol. The summed E-state index contributed by atoms with van der Waals surface area (Å²) < 4.78 is 5.28. The third-order valence-corrected chi connectivity index (χ3v) is 3.31. The zero-order valence-corrected chi connectivity index (χ0v) is 12.2. The molecule has 2 N–H and O–H groups in total. The fourth-order valence-electron chi connectivity index (χ4n) is 2.26. The van der Waals surface area contributed by atoms with Crippen LogP contribution in [0.3, 0.4) is 0 Å². The van der Waals surface area contributed by atoms with Crippen molar-refractivity contribution in [2.24, 2.45) is 0 Å². The molecule has 0 amide bonds. The van der Waals surface area contributed by atoms with E-state index in [0.717, 1.165) is 22.4 Å². The molecule has 0 aliphatic rings. The molecule has 0 saturated carbocycles. The molecule has 0 aromatic heterocycles. The van der Waals surface area contributed by atoms with Crippen LogP contribution >= 0.6 is 0 Å². The van der Waals surface area contributed by atoms with Crippen LogP contribution in [0.25, 0.3) is 0 Å². The van der Waals surface area contributed by atoms with E-state index in [2.05, 4.69) is 5.32 Å². The molecular formula is C17H19NO3. The maximum atomic E-state index is 11.5. The van der Waals surface area contributed by atoms with Crippen molar-refractivity contribution in [2.45, 2.75) is 19.5 Å². The number of carbonyl (C=O) groups is 1. The lowest BCUT2D eigenvalue weighted by Gasteiger charge is -2.16. The summed E-state index contributed by atoms with van der Waals surface area (Å²) in [6.45, 7) is 2.37. The lowest BCUT2D eigenvalue weighted by Crippen LogP contribution is -2.28. The summed E-state index contributed by atoms with van der Waals surface area (Å²) in [4.78, 5) is 11.5. The molecule has 2 aromatic carbocycles. The summed E-state index contributed by atoms with van der Waals surface area (Å²) in [5, 5.41) is 12.5. The van der Waals surface area contributed by atoms with Gasteiger partial charge in [0.25, 0.3) is 0 Å². The van der Waals surface area contributed by atoms with Gasteiger partial charge in [-0.3, -0.25) is 10.1 Å². The first kappa shape index (κ1) is 15.1. The van der Waals surface area contributed by atoms with Crippen LogP contribution in [0.15, 0.2) is 48.5 Å². The van der Waals surface area contributed by atoms with Crippen LogP contribution in [-0.2, 0) is 11.3 Å². The minimum absolute atomic E-state index is 0.426. The molecule has 4 heteroatoms. The highest BCUT2D eigenvalue weighted by atomic mass is 16.5. The molecule has 110 valence electrons. The predicted molar refractivity (Wildman–Crippen MR) is 81.4 cm³/mol. The summed E-state index contributed by atoms with van der Waals surface area (Å²) in [6.07, 6.45) is 0. The van der Waals surface area contributed by atoms with Crippen molar-refractivity contribution >= 4 is 5.97 Å². The number of carboxylic acids is 1. The third kappa shape index (κ3) is 3.83. The van der Waals surface area contributed by atoms with E-state index in [-0.39, 0.29) is 0 Å². The van der Waals surface area contributed by atoms with Crippen LogP contribution in [0.5, 0.6) is 5.75 Å². The Morgan fingerprint density at radius 1 is 1.24 bits per heavy atom. The quantitative estimate of drug-likeness (QED) is 0.856. The molecule has 1 atom stereocenters. The Labute approximate surface area is 124 Å². The first-order chi connectivity index (χ1) is 10.1. The first-order valence-corrected chi connectivity index (χ1v) is 6.76. The summed E-state index contributed by atoms with van der Waals surface area (Å²) in [5.74, 6) is -0.145. The maximum absolute atomic E-state index is 11.5. The highest BCUT2D eigenvalue weighted by Crippen LogP contribution is 2.20. The number of hydrogen-bond acceptors (Lipinski definition) is 3. The Morgan fingerprint density at radius 3 is 2.67 bits per heavy atom. The molecule has 1 unspecified atom stereocenters. The van der Waals surface area contributed by atoms with Gasteiger partial charge in [-0.25, -0.2) is 0 Å². The van der Waals surface area contributed by atoms with E-state index in [9.17, 15) is 9.90 Å². The fraction of sp³-hybridized carbons (Fsp3) is 0.235. The van der Waals surface area contributed by atoms with Gasteiger partial charge < -0.3 is 9.84 Å². The van der Waals surface area contributed by atoms with Gasteiger partial charge in [-0.15, -0.1) is 0 Å². The zero-order valence-electron chi connectivity index (χ0n) is 12.2. The monoisotopic (exact) mass is 285 g/mol. The van der Waals surface area contributed by atoms with E-state index in [1.54, 1.807) is 7.11 Å². The Bertz CT molecular complexity index is 625. The molecule has 0 bridgehead atoms. The van der Waals surface area contributed by atoms with E-state index in [1.165, 1.54) is 0 Å². The Morgan fingerprint density at radius 2 is 2.00 bits per heavy atom. The summed E-state index contributed by atoms with van der Waals surface area (Å²) in [5.41, 5.74) is 2.72. The van der Waals surface area contributed by atoms with E-state index < -0.39 is 12.0 Å². The van der Waals surface area contributed by atoms with Crippen LogP contribution in [0.1, 0.15) is 22.7 Å². The van der Waals surface area contributed by atoms with Crippen molar-refractivity contribution in [1.82, 2.24) is 5.32 Å². The second-order valence-electron chi connectivity index (χ2n) is 4.88. The molecule has 21 heavy (non-hydrogen) atoms. The number of aliphatic carboxylic acids is 1. The molecule has 0 aliphatic heterocycles. The van der Waals surface area contributed by atoms with Gasteiger partial charge in [0.2, 0.25) is 0 Å². The van der Waals surface area contributed by atoms with Crippen LogP contribution in [0.2, 0.25) is 0 Å². The fourth-order valence-corrected chi connectivity index (χ4v) is 2.26. The Balaban J connectivity index is 2.16. The topological polar surface area (TPSA) is 58.6 Å². The molecular weight excluding hydrogens is 266 g/mol. The molecule has 0 saturated heterocycles. The lowest BCUT2D eigenvalue weighted by molar-refractivity contribution is -0.139. The van der Waals surface area contributed by atoms with Crippen molar-refractivity contribution in [3.63, 3.8) is 0 Å². The van der Waals surface area contributed by atoms with Crippen molar-refractivity contribution < 1.29 is 14.6 Å². The van der Waals surface area contributed by atoms with Gasteiger partial charge in [-0.1, -0.05) is 48.0 Å². The molecule has 0 heterocycles. The highest BCUT2D eigenvalue weighted by Gasteiger charge is 2.19. The standard InChI is InChI=1S/C17H19NO3/c1-12-6-5-8-13(10-12)16(17(19)20)18-11-14-7-3-4-9-15(14)21-2/h3-10,16,18H,11H2,1-2H3,(H,19,20). The summed E-state index contributed by atoms with van der Waals surface area (Å²) in [7, 11) is 1.61. The number of benzene rings is 2. The first-order valence-electron chi connectivity index (χ1n) is 6.76. The number of carboxylic acid groups (broad SMARTS) is 1. The van der Waals surface area contributed by atoms with E-state index in [4.69, 9.17) is 4.74 Å². The van der Waals surface area contributed by atoms with Crippen molar-refractivity contribution in [3.8, 4) is 5.75 Å². The second kappa shape index (κ2) is 6.90. The third-order valence-electron chi connectivity index (χ3n) is 3.31. The van der Waals surface area contributed by atoms with Crippen molar-refractivity contribution in [3.05, 3.63) is 65.2 Å². The largest absolute Gasteiger partial charge is 0.496 e. The zero-order chi connectivity index (χ0) is 15.2. The van der Waals surface area contributed by atoms with Gasteiger partial charge in [-0.05, 0) is 18.6 Å². The maximum Gasteiger partial charge on any atom is 0.325 e. The molecule has 0 fully saturated rings. The summed E-state index contributed by atoms with van der Waals surface area (Å²) >= 11 is 0. The van der Waals surface area contributed by atoms with Gasteiger partial charge in [0.05, 0.1) is 7.11 Å². The van der Waals surface area contributed by atoms with Gasteiger partial charge in [0, 0.05) is 12.1 Å². The molecule has 4 nitrogen and oxygen atoms in total. The van der Waals surface area contributed by atoms with E-state index >= 15 is 0 Å². The number of methoxy groups -OCH3 is 1. The van der Waals surface area contributed by atoms with Gasteiger partial charge in [-0.2, -0.15) is 0 Å². The molecule has 0 radical (unpaired) electrons. The molecule has 0 spiro atoms. The Kier molecular flexibility index (Phi) is 4.95. The van der Waals surface area contributed by atoms with E-state index in [1.807, 2.05) is 55.5 Å². The minimum Gasteiger partial charge on any atom is -0.496 e. The lowest BCUT2D eigenvalue weighted by atomic mass is 10.0. The average Bonchev–Trinajstić information content (AvgIpc) is 2.47. The van der Waals surface area contributed by atoms with Crippen LogP contribution in [0.4, 0.5) is 0 Å². The van der Waals surface area contributed by atoms with Crippen molar-refractivity contribution in [1.29, 1.82) is 0 Å². The number of hydrogen-bond donors (Lipinski definition) is 2. The van der Waals surface area contributed by atoms with Crippen molar-refractivity contribution in [2.75, 3.05) is 7.11 Å². The van der Waals surface area contributed by atoms with Gasteiger partial charge >= 0.3 is 5.97 Å². The van der Waals surface area contributed by atoms with Crippen LogP contribution in [-0.4, -0.2) is 18.2 Å². The van der Waals surface area contributed by atoms with Crippen LogP contribution < -0.4 is 10.1 Å².